The van der Waals surface area contributed by atoms with Gasteiger partial charge in [0, 0.05) is 69.8 Å². The predicted molar refractivity (Wildman–Crippen MR) is 267 cm³/mol. The molecule has 6 heterocycles. The summed E-state index contributed by atoms with van der Waals surface area (Å²) in [4.78, 5) is 5.42. The van der Waals surface area contributed by atoms with Crippen LogP contribution in [-0.4, -0.2) is 101 Å². The molecule has 0 amide bonds. The minimum Gasteiger partial charge on any atom is -0.504 e. The zero-order valence-corrected chi connectivity index (χ0v) is 41.4. The van der Waals surface area contributed by atoms with Gasteiger partial charge in [-0.25, -0.2) is 0 Å². The summed E-state index contributed by atoms with van der Waals surface area (Å²) in [6.45, 7) is 33.8. The average Bonchev–Trinajstić information content (AvgIpc) is 3.84. The van der Waals surface area contributed by atoms with Crippen LogP contribution in [0.3, 0.4) is 0 Å². The Kier molecular flexibility index (Phi) is 10.0. The third-order valence-electron chi connectivity index (χ3n) is 22.8. The molecule has 9 nitrogen and oxygen atoms in total. The highest BCUT2D eigenvalue weighted by Crippen LogP contribution is 2.80. The smallest absolute Gasteiger partial charge is 0.165 e. The predicted octanol–water partition coefficient (Wildman–Crippen LogP) is 11.0. The van der Waals surface area contributed by atoms with Crippen molar-refractivity contribution in [1.82, 2.24) is 9.80 Å². The SMILES string of the molecule is C.C.C=CCN1CC[C@]23c4c5ccc(C)c4O[C@H]2[C@@]24CCC3(C[C@@H]2[C@@](C)(C(C)(C)C)OCO4)[C@H]1C5.C=CCN1CC[C@]23c4c5ccc(O)c4O[C@H]2[C@@]24CCC3(C[C@@H]2[C@@](C)(C(C)(C)C)OCO4)[C@H]1C5. The van der Waals surface area contributed by atoms with Crippen molar-refractivity contribution in [1.29, 1.82) is 0 Å². The summed E-state index contributed by atoms with van der Waals surface area (Å²) < 4.78 is 40.8. The van der Waals surface area contributed by atoms with Gasteiger partial charge in [0.15, 0.2) is 11.5 Å². The molecule has 6 saturated carbocycles. The van der Waals surface area contributed by atoms with E-state index in [1.807, 2.05) is 6.07 Å². The Morgan fingerprint density at radius 2 is 1.07 bits per heavy atom. The fourth-order valence-corrected chi connectivity index (χ4v) is 19.3. The Balaban J connectivity index is 0.000000145. The van der Waals surface area contributed by atoms with Gasteiger partial charge in [-0.15, -0.1) is 13.2 Å². The Morgan fingerprint density at radius 3 is 1.53 bits per heavy atom. The summed E-state index contributed by atoms with van der Waals surface area (Å²) in [5.74, 6) is 2.79. The van der Waals surface area contributed by atoms with Crippen LogP contribution in [0.15, 0.2) is 49.6 Å². The number of hydrogen-bond acceptors (Lipinski definition) is 9. The molecular formula is C59H84N2O7. The molecular weight excluding hydrogens is 849 g/mol. The van der Waals surface area contributed by atoms with E-state index in [4.69, 9.17) is 28.4 Å². The molecule has 4 saturated heterocycles. The van der Waals surface area contributed by atoms with Gasteiger partial charge < -0.3 is 33.5 Å². The number of piperidine rings is 2. The van der Waals surface area contributed by atoms with Crippen LogP contribution in [-0.2, 0) is 42.6 Å². The van der Waals surface area contributed by atoms with Crippen molar-refractivity contribution in [3.8, 4) is 17.2 Å². The van der Waals surface area contributed by atoms with E-state index in [2.05, 4.69) is 116 Å². The van der Waals surface area contributed by atoms with E-state index in [0.717, 1.165) is 83.3 Å². The highest BCUT2D eigenvalue weighted by Gasteiger charge is 2.85. The van der Waals surface area contributed by atoms with E-state index in [-0.39, 0.29) is 93.6 Å². The molecule has 372 valence electrons. The first-order valence-corrected chi connectivity index (χ1v) is 25.9. The Morgan fingerprint density at radius 1 is 0.632 bits per heavy atom. The zero-order valence-electron chi connectivity index (χ0n) is 41.4. The van der Waals surface area contributed by atoms with Crippen LogP contribution in [0.25, 0.3) is 0 Å². The Hall–Kier alpha value is -2.92. The number of likely N-dealkylation sites (tertiary alicyclic amines) is 2. The van der Waals surface area contributed by atoms with Crippen molar-refractivity contribution in [2.75, 3.05) is 39.8 Å². The summed E-state index contributed by atoms with van der Waals surface area (Å²) in [6.07, 6.45) is 15.3. The van der Waals surface area contributed by atoms with Crippen LogP contribution in [0.2, 0.25) is 0 Å². The average molecular weight is 933 g/mol. The van der Waals surface area contributed by atoms with Crippen LogP contribution in [0, 0.1) is 40.4 Å². The maximum Gasteiger partial charge on any atom is 0.165 e. The number of rotatable bonds is 4. The second-order valence-electron chi connectivity index (χ2n) is 25.9. The van der Waals surface area contributed by atoms with Crippen LogP contribution in [0.1, 0.15) is 149 Å². The number of fused-ring (bicyclic) bond motifs is 2. The number of aromatic hydroxyl groups is 1. The van der Waals surface area contributed by atoms with Crippen molar-refractivity contribution < 1.29 is 33.5 Å². The van der Waals surface area contributed by atoms with Gasteiger partial charge in [-0.05, 0) is 132 Å². The van der Waals surface area contributed by atoms with E-state index >= 15 is 0 Å². The van der Waals surface area contributed by atoms with E-state index in [1.54, 1.807) is 5.56 Å². The monoisotopic (exact) mass is 933 g/mol. The number of ether oxygens (including phenoxy) is 6. The van der Waals surface area contributed by atoms with Crippen LogP contribution in [0.5, 0.6) is 17.2 Å². The van der Waals surface area contributed by atoms with Crippen LogP contribution < -0.4 is 9.47 Å². The molecule has 6 aliphatic heterocycles. The van der Waals surface area contributed by atoms with Crippen molar-refractivity contribution in [2.45, 2.75) is 199 Å². The maximum atomic E-state index is 10.9. The molecule has 1 N–H and O–H groups in total. The first-order chi connectivity index (χ1) is 31.3. The third kappa shape index (κ3) is 4.97. The number of phenols is 1. The largest absolute Gasteiger partial charge is 0.504 e. The third-order valence-corrected chi connectivity index (χ3v) is 22.8. The fourth-order valence-electron chi connectivity index (χ4n) is 19.3. The molecule has 0 radical (unpaired) electrons. The van der Waals surface area contributed by atoms with E-state index in [0.29, 0.717) is 31.6 Å². The molecule has 10 fully saturated rings. The molecule has 8 bridgehead atoms. The molecule has 2 unspecified atom stereocenters. The summed E-state index contributed by atoms with van der Waals surface area (Å²) in [6, 6.07) is 9.66. The summed E-state index contributed by atoms with van der Waals surface area (Å²) in [5.41, 5.74) is 6.10. The second-order valence-corrected chi connectivity index (χ2v) is 25.9. The van der Waals surface area contributed by atoms with E-state index in [1.165, 1.54) is 40.8 Å². The fraction of sp³-hybridized carbons (Fsp3) is 0.729. The van der Waals surface area contributed by atoms with Gasteiger partial charge in [-0.1, -0.05) is 86.7 Å². The molecule has 6 spiro atoms. The molecule has 14 atom stereocenters. The van der Waals surface area contributed by atoms with Gasteiger partial charge in [-0.3, -0.25) is 9.80 Å². The van der Waals surface area contributed by atoms with E-state index < -0.39 is 0 Å². The van der Waals surface area contributed by atoms with Gasteiger partial charge in [0.25, 0.3) is 0 Å². The van der Waals surface area contributed by atoms with Crippen molar-refractivity contribution in [3.05, 3.63) is 77.4 Å². The van der Waals surface area contributed by atoms with Gasteiger partial charge in [-0.2, -0.15) is 0 Å². The van der Waals surface area contributed by atoms with Gasteiger partial charge in [0.2, 0.25) is 0 Å². The Bertz CT molecular complexity index is 2290. The summed E-state index contributed by atoms with van der Waals surface area (Å²) >= 11 is 0. The molecule has 2 aromatic rings. The van der Waals surface area contributed by atoms with Gasteiger partial charge >= 0.3 is 0 Å². The number of aryl methyl sites for hydroxylation is 1. The number of hydrogen-bond donors (Lipinski definition) is 1. The number of benzene rings is 2. The lowest BCUT2D eigenvalue weighted by molar-refractivity contribution is -0.389. The molecule has 0 aromatic heterocycles. The van der Waals surface area contributed by atoms with Crippen LogP contribution in [0.4, 0.5) is 0 Å². The van der Waals surface area contributed by atoms with Crippen molar-refractivity contribution >= 4 is 0 Å². The molecule has 16 rings (SSSR count). The van der Waals surface area contributed by atoms with Crippen molar-refractivity contribution in [3.63, 3.8) is 0 Å². The lowest BCUT2D eigenvalue weighted by Gasteiger charge is -2.76. The molecule has 2 aromatic carbocycles. The quantitative estimate of drug-likeness (QED) is 0.302. The van der Waals surface area contributed by atoms with Crippen molar-refractivity contribution in [2.24, 2.45) is 33.5 Å². The molecule has 9 heteroatoms. The zero-order chi connectivity index (χ0) is 46.0. The molecule has 14 aliphatic rings. The minimum atomic E-state index is -0.382. The minimum absolute atomic E-state index is 0. The molecule has 68 heavy (non-hydrogen) atoms. The summed E-state index contributed by atoms with van der Waals surface area (Å²) in [7, 11) is 0. The Labute approximate surface area is 408 Å². The summed E-state index contributed by atoms with van der Waals surface area (Å²) in [5, 5.41) is 10.9. The number of nitrogens with zero attached hydrogens (tertiary/aromatic N) is 2. The first-order valence-electron chi connectivity index (χ1n) is 25.9. The highest BCUT2D eigenvalue weighted by molar-refractivity contribution is 5.64. The lowest BCUT2D eigenvalue weighted by atomic mass is 9.33. The topological polar surface area (TPSA) is 82.1 Å². The highest BCUT2D eigenvalue weighted by atomic mass is 16.7. The second kappa shape index (κ2) is 14.4. The number of phenolic OH excluding ortho intramolecular Hbond substituents is 1. The maximum absolute atomic E-state index is 10.9. The first kappa shape index (κ1) is 47.4. The van der Waals surface area contributed by atoms with Gasteiger partial charge in [0.05, 0.1) is 11.2 Å². The molecule has 8 aliphatic carbocycles. The van der Waals surface area contributed by atoms with Gasteiger partial charge in [0.1, 0.15) is 42.7 Å². The normalized spacial score (nSPS) is 45.6. The standard InChI is InChI=1S/C29H39NO3.C28H37NO4.2CH4/c1-7-13-30-14-12-28-22-19-9-8-18(2)23(22)33-24(28)29-11-10-27(28,21(30)15-19)16-20(29)26(6,25(3,4)5)31-17-32-29;1-6-12-29-13-11-27-21-17-7-8-18(30)22(21)33-23(27)28-10-9-26(27,20(29)14-17)15-19(28)25(5,24(2,3)4)31-16-32-28;;/h7-9,20-21,24H,1,10-17H2,2-6H3;6-8,19-20,23,30H,1,9-16H2,2-5H3;2*1H4/t20-,21-,24-,26+,27?,28+,29-;19-,20-,23-,25+,26?,27+,28-;;/m11../s1. The van der Waals surface area contributed by atoms with Crippen LogP contribution >= 0.6 is 0 Å². The lowest BCUT2D eigenvalue weighted by Crippen LogP contribution is -2.84. The van der Waals surface area contributed by atoms with E-state index in [9.17, 15) is 5.11 Å².